The lowest BCUT2D eigenvalue weighted by molar-refractivity contribution is -0.141. The van der Waals surface area contributed by atoms with E-state index in [0.29, 0.717) is 50.1 Å². The molecular formula is C23H26Cl4N2O2. The smallest absolute Gasteiger partial charge is 0.242 e. The van der Waals surface area contributed by atoms with Crippen molar-refractivity contribution in [3.8, 4) is 0 Å². The number of nitrogens with one attached hydrogen (secondary N) is 1. The number of benzene rings is 2. The average molecular weight is 504 g/mol. The molecule has 168 valence electrons. The molecule has 0 aliphatic rings. The van der Waals surface area contributed by atoms with E-state index in [9.17, 15) is 9.59 Å². The lowest BCUT2D eigenvalue weighted by atomic mass is 10.1. The van der Waals surface area contributed by atoms with Crippen molar-refractivity contribution in [1.82, 2.24) is 10.2 Å². The highest BCUT2D eigenvalue weighted by atomic mass is 35.5. The van der Waals surface area contributed by atoms with Crippen LogP contribution in [0.3, 0.4) is 0 Å². The Bertz CT molecular complexity index is 934. The number of carbonyl (C=O) groups excluding carboxylic acids is 2. The fourth-order valence-electron chi connectivity index (χ4n) is 3.10. The Balaban J connectivity index is 2.34. The van der Waals surface area contributed by atoms with E-state index >= 15 is 0 Å². The molecular weight excluding hydrogens is 478 g/mol. The van der Waals surface area contributed by atoms with Gasteiger partial charge in [-0.3, -0.25) is 9.59 Å². The first kappa shape index (κ1) is 25.8. The molecule has 0 heterocycles. The highest BCUT2D eigenvalue weighted by molar-refractivity contribution is 6.35. The molecule has 0 spiro atoms. The topological polar surface area (TPSA) is 49.4 Å². The summed E-state index contributed by atoms with van der Waals surface area (Å²) in [4.78, 5) is 27.8. The summed E-state index contributed by atoms with van der Waals surface area (Å²) in [6, 6.07) is 9.44. The van der Waals surface area contributed by atoms with Crippen molar-refractivity contribution in [2.45, 2.75) is 46.2 Å². The third-order valence-electron chi connectivity index (χ3n) is 4.78. The number of nitrogens with zero attached hydrogens (tertiary/aromatic N) is 1. The molecule has 8 heteroatoms. The first-order valence-corrected chi connectivity index (χ1v) is 11.6. The van der Waals surface area contributed by atoms with Crippen LogP contribution in [0.4, 0.5) is 0 Å². The molecule has 0 bridgehead atoms. The Morgan fingerprint density at radius 1 is 0.935 bits per heavy atom. The maximum atomic E-state index is 13.4. The molecule has 2 aromatic rings. The van der Waals surface area contributed by atoms with E-state index in [4.69, 9.17) is 46.4 Å². The molecule has 4 nitrogen and oxygen atoms in total. The first-order valence-electron chi connectivity index (χ1n) is 10.1. The van der Waals surface area contributed by atoms with Crippen LogP contribution in [0.2, 0.25) is 20.1 Å². The lowest BCUT2D eigenvalue weighted by Crippen LogP contribution is -2.50. The molecule has 0 radical (unpaired) electrons. The average Bonchev–Trinajstić information content (AvgIpc) is 2.69. The SMILES string of the molecule is CCC(C(=O)NCC(C)C)N(Cc1ccc(Cl)cc1Cl)C(=O)Cc1ccc(Cl)cc1Cl. The largest absolute Gasteiger partial charge is 0.354 e. The van der Waals surface area contributed by atoms with Crippen molar-refractivity contribution in [1.29, 1.82) is 0 Å². The minimum atomic E-state index is -0.649. The number of carbonyl (C=O) groups is 2. The molecule has 0 saturated heterocycles. The van der Waals surface area contributed by atoms with Gasteiger partial charge in [0.15, 0.2) is 0 Å². The lowest BCUT2D eigenvalue weighted by Gasteiger charge is -2.31. The predicted molar refractivity (Wildman–Crippen MR) is 129 cm³/mol. The van der Waals surface area contributed by atoms with Gasteiger partial charge in [-0.2, -0.15) is 0 Å². The summed E-state index contributed by atoms with van der Waals surface area (Å²) in [5, 5.41) is 4.77. The highest BCUT2D eigenvalue weighted by Gasteiger charge is 2.29. The second kappa shape index (κ2) is 12.0. The summed E-state index contributed by atoms with van der Waals surface area (Å²) in [7, 11) is 0. The van der Waals surface area contributed by atoms with Crippen LogP contribution in [-0.4, -0.2) is 29.3 Å². The Morgan fingerprint density at radius 2 is 1.48 bits per heavy atom. The number of amides is 2. The maximum Gasteiger partial charge on any atom is 0.242 e. The van der Waals surface area contributed by atoms with Crippen molar-refractivity contribution >= 4 is 58.2 Å². The molecule has 1 N–H and O–H groups in total. The maximum absolute atomic E-state index is 13.4. The van der Waals surface area contributed by atoms with Crippen molar-refractivity contribution < 1.29 is 9.59 Å². The van der Waals surface area contributed by atoms with E-state index in [2.05, 4.69) is 5.32 Å². The van der Waals surface area contributed by atoms with Crippen molar-refractivity contribution in [2.75, 3.05) is 6.54 Å². The molecule has 0 fully saturated rings. The molecule has 0 aliphatic heterocycles. The Hall–Kier alpha value is -1.46. The molecule has 2 rings (SSSR count). The molecule has 1 unspecified atom stereocenters. The zero-order chi connectivity index (χ0) is 23.1. The molecule has 2 amide bonds. The summed E-state index contributed by atoms with van der Waals surface area (Å²) < 4.78 is 0. The summed E-state index contributed by atoms with van der Waals surface area (Å²) in [6.45, 7) is 6.61. The minimum Gasteiger partial charge on any atom is -0.354 e. The molecule has 31 heavy (non-hydrogen) atoms. The van der Waals surface area contributed by atoms with Crippen LogP contribution in [0.25, 0.3) is 0 Å². The zero-order valence-corrected chi connectivity index (χ0v) is 20.7. The van der Waals surface area contributed by atoms with Crippen LogP contribution < -0.4 is 5.32 Å². The van der Waals surface area contributed by atoms with Gasteiger partial charge in [-0.25, -0.2) is 0 Å². The monoisotopic (exact) mass is 502 g/mol. The van der Waals surface area contributed by atoms with Gasteiger partial charge in [0.2, 0.25) is 11.8 Å². The van der Waals surface area contributed by atoms with E-state index < -0.39 is 6.04 Å². The Kier molecular flexibility index (Phi) is 9.95. The van der Waals surface area contributed by atoms with Gasteiger partial charge >= 0.3 is 0 Å². The van der Waals surface area contributed by atoms with E-state index in [1.165, 1.54) is 0 Å². The van der Waals surface area contributed by atoms with E-state index in [1.54, 1.807) is 41.3 Å². The minimum absolute atomic E-state index is 0.0369. The zero-order valence-electron chi connectivity index (χ0n) is 17.7. The third-order valence-corrected chi connectivity index (χ3v) is 5.96. The normalized spacial score (nSPS) is 12.0. The summed E-state index contributed by atoms with van der Waals surface area (Å²) in [5.41, 5.74) is 1.34. The van der Waals surface area contributed by atoms with Gasteiger partial charge in [-0.15, -0.1) is 0 Å². The number of hydrogen-bond acceptors (Lipinski definition) is 2. The number of hydrogen-bond donors (Lipinski definition) is 1. The van der Waals surface area contributed by atoms with Gasteiger partial charge in [-0.05, 0) is 47.7 Å². The number of halogens is 4. The van der Waals surface area contributed by atoms with Crippen LogP contribution in [0, 0.1) is 5.92 Å². The van der Waals surface area contributed by atoms with Crippen LogP contribution in [0.1, 0.15) is 38.3 Å². The third kappa shape index (κ3) is 7.57. The molecule has 0 saturated carbocycles. The van der Waals surface area contributed by atoms with Gasteiger partial charge in [0.1, 0.15) is 6.04 Å². The fourth-order valence-corrected chi connectivity index (χ4v) is 4.05. The van der Waals surface area contributed by atoms with Crippen LogP contribution in [0.15, 0.2) is 36.4 Å². The van der Waals surface area contributed by atoms with Gasteiger partial charge in [0.25, 0.3) is 0 Å². The second-order valence-corrected chi connectivity index (χ2v) is 9.42. The van der Waals surface area contributed by atoms with Crippen LogP contribution in [0.5, 0.6) is 0 Å². The fraction of sp³-hybridized carbons (Fsp3) is 0.391. The van der Waals surface area contributed by atoms with Crippen LogP contribution >= 0.6 is 46.4 Å². The Labute approximate surface area is 203 Å². The Morgan fingerprint density at radius 3 is 1.97 bits per heavy atom. The van der Waals surface area contributed by atoms with E-state index in [1.807, 2.05) is 20.8 Å². The van der Waals surface area contributed by atoms with E-state index in [0.717, 1.165) is 0 Å². The van der Waals surface area contributed by atoms with Crippen molar-refractivity contribution in [3.63, 3.8) is 0 Å². The molecule has 2 aromatic carbocycles. The molecule has 0 aliphatic carbocycles. The van der Waals surface area contributed by atoms with Gasteiger partial charge in [0, 0.05) is 33.2 Å². The van der Waals surface area contributed by atoms with Crippen molar-refractivity contribution in [3.05, 3.63) is 67.6 Å². The molecule has 0 aromatic heterocycles. The quantitative estimate of drug-likeness (QED) is 0.429. The van der Waals surface area contributed by atoms with Gasteiger partial charge in [0.05, 0.1) is 6.42 Å². The number of rotatable bonds is 9. The highest BCUT2D eigenvalue weighted by Crippen LogP contribution is 2.26. The standard InChI is InChI=1S/C23H26Cl4N2O2/c1-4-21(23(31)28-12-14(2)3)29(13-16-6-8-18(25)11-20(16)27)22(30)9-15-5-7-17(24)10-19(15)26/h5-8,10-11,14,21H,4,9,12-13H2,1-3H3,(H,28,31). The van der Waals surface area contributed by atoms with Gasteiger partial charge < -0.3 is 10.2 Å². The molecule has 1 atom stereocenters. The van der Waals surface area contributed by atoms with Gasteiger partial charge in [-0.1, -0.05) is 79.3 Å². The summed E-state index contributed by atoms with van der Waals surface area (Å²) >= 11 is 24.6. The predicted octanol–water partition coefficient (Wildman–Crippen LogP) is 6.42. The first-order chi connectivity index (χ1) is 14.6. The second-order valence-electron chi connectivity index (χ2n) is 7.73. The van der Waals surface area contributed by atoms with Crippen LogP contribution in [-0.2, 0) is 22.6 Å². The van der Waals surface area contributed by atoms with E-state index in [-0.39, 0.29) is 24.8 Å². The summed E-state index contributed by atoms with van der Waals surface area (Å²) in [5.74, 6) is -0.136. The summed E-state index contributed by atoms with van der Waals surface area (Å²) in [6.07, 6.45) is 0.490. The van der Waals surface area contributed by atoms with Crippen molar-refractivity contribution in [2.24, 2.45) is 5.92 Å².